The predicted molar refractivity (Wildman–Crippen MR) is 99.6 cm³/mol. The number of hydrogen-bond acceptors (Lipinski definition) is 4. The van der Waals surface area contributed by atoms with Crippen LogP contribution in [0.4, 0.5) is 18.9 Å². The molecular formula is C18H20F3N3O3S. The number of sulfonamides is 1. The van der Waals surface area contributed by atoms with Gasteiger partial charge in [0.25, 0.3) is 15.9 Å². The molecule has 0 aromatic heterocycles. The number of benzene rings is 2. The Labute approximate surface area is 161 Å². The van der Waals surface area contributed by atoms with Gasteiger partial charge in [0.1, 0.15) is 0 Å². The first kappa shape index (κ1) is 21.7. The Bertz CT molecular complexity index is 927. The number of halogens is 3. The fraction of sp³-hybridized carbons (Fsp3) is 0.278. The van der Waals surface area contributed by atoms with Gasteiger partial charge in [0, 0.05) is 24.3 Å². The monoisotopic (exact) mass is 415 g/mol. The van der Waals surface area contributed by atoms with Gasteiger partial charge in [-0.1, -0.05) is 6.07 Å². The first-order chi connectivity index (χ1) is 13.0. The third-order valence-corrected chi connectivity index (χ3v) is 5.11. The number of nitrogens with zero attached hydrogens (tertiary/aromatic N) is 1. The number of amides is 1. The van der Waals surface area contributed by atoms with Crippen LogP contribution >= 0.6 is 0 Å². The smallest absolute Gasteiger partial charge is 0.351 e. The molecule has 6 nitrogen and oxygen atoms in total. The summed E-state index contributed by atoms with van der Waals surface area (Å²) >= 11 is 0. The van der Waals surface area contributed by atoms with Crippen LogP contribution in [0.15, 0.2) is 53.4 Å². The van der Waals surface area contributed by atoms with Crippen molar-refractivity contribution in [2.75, 3.05) is 31.9 Å². The minimum Gasteiger partial charge on any atom is -0.351 e. The van der Waals surface area contributed by atoms with E-state index in [9.17, 15) is 26.4 Å². The molecule has 0 aliphatic heterocycles. The molecule has 2 rings (SSSR count). The molecule has 0 aliphatic rings. The van der Waals surface area contributed by atoms with Crippen LogP contribution in [-0.4, -0.2) is 46.4 Å². The Morgan fingerprint density at radius 3 is 2.29 bits per heavy atom. The van der Waals surface area contributed by atoms with E-state index < -0.39 is 21.8 Å². The molecular weight excluding hydrogens is 395 g/mol. The van der Waals surface area contributed by atoms with Gasteiger partial charge in [-0.2, -0.15) is 13.2 Å². The minimum atomic E-state index is -4.58. The molecule has 28 heavy (non-hydrogen) atoms. The van der Waals surface area contributed by atoms with Crippen LogP contribution in [0.1, 0.15) is 15.9 Å². The third kappa shape index (κ3) is 5.96. The van der Waals surface area contributed by atoms with Gasteiger partial charge in [0.05, 0.1) is 10.5 Å². The zero-order valence-corrected chi connectivity index (χ0v) is 16.1. The summed E-state index contributed by atoms with van der Waals surface area (Å²) in [4.78, 5) is 13.7. The van der Waals surface area contributed by atoms with Crippen molar-refractivity contribution in [2.24, 2.45) is 0 Å². The van der Waals surface area contributed by atoms with Gasteiger partial charge >= 0.3 is 6.18 Å². The minimum absolute atomic E-state index is 0.172. The van der Waals surface area contributed by atoms with E-state index in [0.717, 1.165) is 12.1 Å². The van der Waals surface area contributed by atoms with Crippen molar-refractivity contribution < 1.29 is 26.4 Å². The summed E-state index contributed by atoms with van der Waals surface area (Å²) in [6, 6.07) is 9.01. The molecule has 2 N–H and O–H groups in total. The molecule has 1 amide bonds. The molecule has 0 heterocycles. The first-order valence-corrected chi connectivity index (χ1v) is 9.70. The van der Waals surface area contributed by atoms with Crippen molar-refractivity contribution in [2.45, 2.75) is 11.1 Å². The van der Waals surface area contributed by atoms with Crippen molar-refractivity contribution in [1.29, 1.82) is 0 Å². The molecule has 0 fully saturated rings. The van der Waals surface area contributed by atoms with Gasteiger partial charge in [-0.25, -0.2) is 8.42 Å². The fourth-order valence-electron chi connectivity index (χ4n) is 2.25. The average molecular weight is 415 g/mol. The highest BCUT2D eigenvalue weighted by Gasteiger charge is 2.30. The van der Waals surface area contributed by atoms with Crippen LogP contribution in [0.25, 0.3) is 0 Å². The summed E-state index contributed by atoms with van der Waals surface area (Å²) in [6.45, 7) is 1.09. The number of alkyl halides is 3. The molecule has 0 radical (unpaired) electrons. The first-order valence-electron chi connectivity index (χ1n) is 8.22. The molecule has 0 bridgehead atoms. The van der Waals surface area contributed by atoms with Crippen LogP contribution < -0.4 is 10.0 Å². The van der Waals surface area contributed by atoms with Crippen molar-refractivity contribution in [3.8, 4) is 0 Å². The Morgan fingerprint density at radius 1 is 1.07 bits per heavy atom. The topological polar surface area (TPSA) is 78.5 Å². The maximum atomic E-state index is 12.8. The summed E-state index contributed by atoms with van der Waals surface area (Å²) in [5, 5.41) is 2.70. The molecule has 0 atom stereocenters. The van der Waals surface area contributed by atoms with Crippen LogP contribution in [0, 0.1) is 0 Å². The Morgan fingerprint density at radius 2 is 1.71 bits per heavy atom. The molecule has 10 heteroatoms. The van der Waals surface area contributed by atoms with Gasteiger partial charge in [0.2, 0.25) is 0 Å². The highest BCUT2D eigenvalue weighted by Crippen LogP contribution is 2.31. The Hall–Kier alpha value is -2.59. The van der Waals surface area contributed by atoms with Crippen molar-refractivity contribution in [1.82, 2.24) is 10.2 Å². The Balaban J connectivity index is 2.11. The van der Waals surface area contributed by atoms with Crippen molar-refractivity contribution >= 4 is 21.6 Å². The maximum absolute atomic E-state index is 12.8. The normalized spacial score (nSPS) is 12.1. The summed E-state index contributed by atoms with van der Waals surface area (Å²) in [5.74, 6) is -0.350. The molecule has 152 valence electrons. The lowest BCUT2D eigenvalue weighted by atomic mass is 10.2. The van der Waals surface area contributed by atoms with Crippen LogP contribution in [0.5, 0.6) is 0 Å². The number of anilines is 1. The maximum Gasteiger partial charge on any atom is 0.416 e. The van der Waals surface area contributed by atoms with Gasteiger partial charge in [-0.15, -0.1) is 0 Å². The summed E-state index contributed by atoms with van der Waals surface area (Å²) in [7, 11) is -0.373. The molecule has 2 aromatic carbocycles. The number of carbonyl (C=O) groups is 1. The van der Waals surface area contributed by atoms with Gasteiger partial charge < -0.3 is 10.2 Å². The lowest BCUT2D eigenvalue weighted by molar-refractivity contribution is -0.137. The third-order valence-electron chi connectivity index (χ3n) is 3.71. The highest BCUT2D eigenvalue weighted by atomic mass is 32.2. The van der Waals surface area contributed by atoms with E-state index in [4.69, 9.17) is 0 Å². The van der Waals surface area contributed by atoms with E-state index in [-0.39, 0.29) is 22.1 Å². The largest absolute Gasteiger partial charge is 0.416 e. The molecule has 2 aromatic rings. The van der Waals surface area contributed by atoms with E-state index >= 15 is 0 Å². The SMILES string of the molecule is CN(C)CCNC(=O)c1ccc(S(=O)(=O)Nc2cccc(C(F)(F)F)c2)cc1. The van der Waals surface area contributed by atoms with E-state index in [1.54, 1.807) is 0 Å². The second-order valence-corrected chi connectivity index (χ2v) is 7.95. The van der Waals surface area contributed by atoms with Crippen LogP contribution in [-0.2, 0) is 16.2 Å². The summed E-state index contributed by atoms with van der Waals surface area (Å²) < 4.78 is 65.2. The van der Waals surface area contributed by atoms with Gasteiger partial charge in [-0.3, -0.25) is 9.52 Å². The zero-order valence-electron chi connectivity index (χ0n) is 15.2. The van der Waals surface area contributed by atoms with Gasteiger partial charge in [-0.05, 0) is 56.6 Å². The lowest BCUT2D eigenvalue weighted by Gasteiger charge is -2.12. The van der Waals surface area contributed by atoms with Crippen LogP contribution in [0.2, 0.25) is 0 Å². The molecule has 0 saturated carbocycles. The average Bonchev–Trinajstić information content (AvgIpc) is 2.60. The van der Waals surface area contributed by atoms with Gasteiger partial charge in [0.15, 0.2) is 0 Å². The second kappa shape index (κ2) is 8.61. The number of rotatable bonds is 7. The number of carbonyl (C=O) groups excluding carboxylic acids is 1. The van der Waals surface area contributed by atoms with Crippen molar-refractivity contribution in [3.05, 3.63) is 59.7 Å². The van der Waals surface area contributed by atoms with E-state index in [1.165, 1.54) is 30.3 Å². The number of hydrogen-bond donors (Lipinski definition) is 2. The van der Waals surface area contributed by atoms with Crippen LogP contribution in [0.3, 0.4) is 0 Å². The summed E-state index contributed by atoms with van der Waals surface area (Å²) in [5.41, 5.74) is -0.894. The second-order valence-electron chi connectivity index (χ2n) is 6.27. The summed E-state index contributed by atoms with van der Waals surface area (Å²) in [6.07, 6.45) is -4.58. The standard InChI is InChI=1S/C18H20F3N3O3S/c1-24(2)11-10-22-17(25)13-6-8-16(9-7-13)28(26,27)23-15-5-3-4-14(12-15)18(19,20)21/h3-9,12,23H,10-11H2,1-2H3,(H,22,25). The lowest BCUT2D eigenvalue weighted by Crippen LogP contribution is -2.31. The fourth-order valence-corrected chi connectivity index (χ4v) is 3.30. The van der Waals surface area contributed by atoms with E-state index in [2.05, 4.69) is 10.0 Å². The molecule has 0 unspecified atom stereocenters. The van der Waals surface area contributed by atoms with E-state index in [1.807, 2.05) is 19.0 Å². The Kier molecular flexibility index (Phi) is 6.68. The molecule has 0 spiro atoms. The van der Waals surface area contributed by atoms with Crippen molar-refractivity contribution in [3.63, 3.8) is 0 Å². The van der Waals surface area contributed by atoms with E-state index in [0.29, 0.717) is 19.2 Å². The predicted octanol–water partition coefficient (Wildman–Crippen LogP) is 2.80. The molecule has 0 saturated heterocycles. The zero-order chi connectivity index (χ0) is 20.9. The number of likely N-dealkylation sites (N-methyl/N-ethyl adjacent to an activating group) is 1. The quantitative estimate of drug-likeness (QED) is 0.729. The molecule has 0 aliphatic carbocycles. The highest BCUT2D eigenvalue weighted by molar-refractivity contribution is 7.92. The number of nitrogens with one attached hydrogen (secondary N) is 2.